The summed E-state index contributed by atoms with van der Waals surface area (Å²) in [6.45, 7) is 3.80. The molecule has 1 aromatic carbocycles. The third-order valence-electron chi connectivity index (χ3n) is 3.22. The second kappa shape index (κ2) is 7.95. The van der Waals surface area contributed by atoms with Crippen LogP contribution in [0.2, 0.25) is 0 Å². The number of hydrogen-bond donors (Lipinski definition) is 1. The minimum atomic E-state index is 0.750. The maximum atomic E-state index is 5.71. The van der Waals surface area contributed by atoms with E-state index in [1.54, 1.807) is 0 Å². The first-order valence-corrected chi connectivity index (χ1v) is 8.54. The Morgan fingerprint density at radius 3 is 2.79 bits per heavy atom. The van der Waals surface area contributed by atoms with Crippen LogP contribution < -0.4 is 9.47 Å². The third-order valence-corrected chi connectivity index (χ3v) is 4.51. The van der Waals surface area contributed by atoms with Crippen molar-refractivity contribution in [3.63, 3.8) is 0 Å². The Morgan fingerprint density at radius 2 is 2.00 bits per heavy atom. The lowest BCUT2D eigenvalue weighted by atomic mass is 10.1. The summed E-state index contributed by atoms with van der Waals surface area (Å²) in [6.07, 6.45) is 3.39. The van der Waals surface area contributed by atoms with Crippen LogP contribution in [0.1, 0.15) is 26.2 Å². The van der Waals surface area contributed by atoms with Gasteiger partial charge in [-0.1, -0.05) is 6.92 Å². The van der Waals surface area contributed by atoms with Crippen molar-refractivity contribution >= 4 is 24.4 Å². The molecule has 1 aromatic rings. The van der Waals surface area contributed by atoms with Gasteiger partial charge in [0.25, 0.3) is 0 Å². The fourth-order valence-corrected chi connectivity index (χ4v) is 3.53. The topological polar surface area (TPSA) is 18.5 Å². The van der Waals surface area contributed by atoms with E-state index in [1.807, 2.05) is 17.8 Å². The summed E-state index contributed by atoms with van der Waals surface area (Å²) in [5.41, 5.74) is 0. The molecule has 19 heavy (non-hydrogen) atoms. The Balaban J connectivity index is 1.86. The third kappa shape index (κ3) is 4.84. The van der Waals surface area contributed by atoms with Gasteiger partial charge >= 0.3 is 0 Å². The quantitative estimate of drug-likeness (QED) is 0.624. The second-order valence-corrected chi connectivity index (χ2v) is 6.53. The minimum Gasteiger partial charge on any atom is -0.490 e. The van der Waals surface area contributed by atoms with Crippen LogP contribution in [0.5, 0.6) is 11.5 Å². The zero-order chi connectivity index (χ0) is 13.5. The van der Waals surface area contributed by atoms with Gasteiger partial charge in [0.15, 0.2) is 11.5 Å². The zero-order valence-corrected chi connectivity index (χ0v) is 13.1. The lowest BCUT2D eigenvalue weighted by Crippen LogP contribution is -1.97. The van der Waals surface area contributed by atoms with Crippen molar-refractivity contribution in [1.29, 1.82) is 0 Å². The van der Waals surface area contributed by atoms with E-state index in [4.69, 9.17) is 9.47 Å². The molecule has 0 fully saturated rings. The minimum absolute atomic E-state index is 0.750. The van der Waals surface area contributed by atoms with E-state index in [0.717, 1.165) is 48.6 Å². The Morgan fingerprint density at radius 1 is 1.21 bits per heavy atom. The summed E-state index contributed by atoms with van der Waals surface area (Å²) in [5, 5.41) is 0. The molecule has 1 aliphatic heterocycles. The maximum Gasteiger partial charge on any atom is 0.162 e. The number of thioether (sulfide) groups is 1. The zero-order valence-electron chi connectivity index (χ0n) is 11.4. The van der Waals surface area contributed by atoms with Gasteiger partial charge in [0.2, 0.25) is 0 Å². The molecule has 0 aromatic heterocycles. The van der Waals surface area contributed by atoms with Crippen LogP contribution in [-0.4, -0.2) is 24.7 Å². The summed E-state index contributed by atoms with van der Waals surface area (Å²) >= 11 is 6.17. The highest BCUT2D eigenvalue weighted by atomic mass is 32.2. The predicted molar refractivity (Wildman–Crippen MR) is 85.0 cm³/mol. The number of hydrogen-bond acceptors (Lipinski definition) is 4. The molecular formula is C15H22O2S2. The SMILES string of the molecule is CC(CCS)CCSc1ccc2c(c1)OCCCO2. The molecule has 0 aliphatic carbocycles. The fraction of sp³-hybridized carbons (Fsp3) is 0.600. The molecule has 1 atom stereocenters. The Labute approximate surface area is 125 Å². The van der Waals surface area contributed by atoms with Crippen LogP contribution in [0, 0.1) is 5.92 Å². The molecule has 2 rings (SSSR count). The van der Waals surface area contributed by atoms with Gasteiger partial charge in [-0.25, -0.2) is 0 Å². The van der Waals surface area contributed by atoms with E-state index in [1.165, 1.54) is 17.7 Å². The maximum absolute atomic E-state index is 5.71. The van der Waals surface area contributed by atoms with Gasteiger partial charge in [-0.3, -0.25) is 0 Å². The van der Waals surface area contributed by atoms with E-state index in [-0.39, 0.29) is 0 Å². The molecule has 106 valence electrons. The van der Waals surface area contributed by atoms with Crippen LogP contribution in [0.15, 0.2) is 23.1 Å². The van der Waals surface area contributed by atoms with Gasteiger partial charge < -0.3 is 9.47 Å². The molecule has 1 unspecified atom stereocenters. The van der Waals surface area contributed by atoms with E-state index in [0.29, 0.717) is 0 Å². The van der Waals surface area contributed by atoms with E-state index >= 15 is 0 Å². The van der Waals surface area contributed by atoms with Gasteiger partial charge in [-0.05, 0) is 48.5 Å². The smallest absolute Gasteiger partial charge is 0.162 e. The van der Waals surface area contributed by atoms with Crippen molar-refractivity contribution in [1.82, 2.24) is 0 Å². The average molecular weight is 298 g/mol. The number of benzene rings is 1. The molecule has 0 spiro atoms. The van der Waals surface area contributed by atoms with Crippen LogP contribution in [-0.2, 0) is 0 Å². The highest BCUT2D eigenvalue weighted by Gasteiger charge is 2.11. The van der Waals surface area contributed by atoms with Gasteiger partial charge in [-0.15, -0.1) is 11.8 Å². The lowest BCUT2D eigenvalue weighted by Gasteiger charge is -2.11. The van der Waals surface area contributed by atoms with Gasteiger partial charge in [0.1, 0.15) is 0 Å². The van der Waals surface area contributed by atoms with Crippen molar-refractivity contribution in [2.24, 2.45) is 5.92 Å². The number of ether oxygens (including phenoxy) is 2. The molecule has 0 amide bonds. The monoisotopic (exact) mass is 298 g/mol. The van der Waals surface area contributed by atoms with Crippen LogP contribution in [0.4, 0.5) is 0 Å². The first-order valence-electron chi connectivity index (χ1n) is 6.93. The van der Waals surface area contributed by atoms with Crippen molar-refractivity contribution < 1.29 is 9.47 Å². The largest absolute Gasteiger partial charge is 0.490 e. The lowest BCUT2D eigenvalue weighted by molar-refractivity contribution is 0.297. The molecule has 0 N–H and O–H groups in total. The highest BCUT2D eigenvalue weighted by molar-refractivity contribution is 7.99. The first-order chi connectivity index (χ1) is 9.29. The molecule has 0 saturated heterocycles. The summed E-state index contributed by atoms with van der Waals surface area (Å²) in [4.78, 5) is 1.27. The molecular weight excluding hydrogens is 276 g/mol. The highest BCUT2D eigenvalue weighted by Crippen LogP contribution is 2.34. The molecule has 2 nitrogen and oxygen atoms in total. The summed E-state index contributed by atoms with van der Waals surface area (Å²) in [6, 6.07) is 6.26. The van der Waals surface area contributed by atoms with Crippen molar-refractivity contribution in [3.05, 3.63) is 18.2 Å². The van der Waals surface area contributed by atoms with Crippen LogP contribution in [0.3, 0.4) is 0 Å². The average Bonchev–Trinajstić information content (AvgIpc) is 2.63. The normalized spacial score (nSPS) is 15.9. The van der Waals surface area contributed by atoms with Gasteiger partial charge in [0.05, 0.1) is 13.2 Å². The number of thiol groups is 1. The molecule has 0 radical (unpaired) electrons. The molecule has 1 heterocycles. The molecule has 4 heteroatoms. The molecule has 0 bridgehead atoms. The summed E-state index contributed by atoms with van der Waals surface area (Å²) in [7, 11) is 0. The van der Waals surface area contributed by atoms with E-state index < -0.39 is 0 Å². The van der Waals surface area contributed by atoms with Gasteiger partial charge in [0, 0.05) is 11.3 Å². The standard InChI is InChI=1S/C15H22O2S2/c1-12(5-9-18)6-10-19-13-3-4-14-15(11-13)17-8-2-7-16-14/h3-4,11-12,18H,2,5-10H2,1H3. The predicted octanol–water partition coefficient (Wildman–Crippen LogP) is 4.29. The van der Waals surface area contributed by atoms with Gasteiger partial charge in [-0.2, -0.15) is 12.6 Å². The molecule has 1 aliphatic rings. The van der Waals surface area contributed by atoms with Crippen LogP contribution in [0.25, 0.3) is 0 Å². The number of fused-ring (bicyclic) bond motifs is 1. The Kier molecular flexibility index (Phi) is 6.24. The van der Waals surface area contributed by atoms with E-state index in [9.17, 15) is 0 Å². The van der Waals surface area contributed by atoms with Crippen molar-refractivity contribution in [2.75, 3.05) is 24.7 Å². The summed E-state index contributed by atoms with van der Waals surface area (Å²) < 4.78 is 11.3. The van der Waals surface area contributed by atoms with Crippen molar-refractivity contribution in [3.8, 4) is 11.5 Å². The fourth-order valence-electron chi connectivity index (χ4n) is 1.98. The Bertz CT molecular complexity index is 396. The van der Waals surface area contributed by atoms with Crippen molar-refractivity contribution in [2.45, 2.75) is 31.1 Å². The molecule has 0 saturated carbocycles. The van der Waals surface area contributed by atoms with Crippen LogP contribution >= 0.6 is 24.4 Å². The second-order valence-electron chi connectivity index (χ2n) is 4.91. The van der Waals surface area contributed by atoms with E-state index in [2.05, 4.69) is 31.7 Å². The number of rotatable bonds is 6. The first kappa shape index (κ1) is 14.9. The summed E-state index contributed by atoms with van der Waals surface area (Å²) in [5.74, 6) is 4.66. The Hall–Kier alpha value is -0.480.